The monoisotopic (exact) mass is 396 g/mol. The van der Waals surface area contributed by atoms with Crippen LogP contribution < -0.4 is 4.74 Å². The van der Waals surface area contributed by atoms with E-state index in [1.54, 1.807) is 6.07 Å². The normalized spacial score (nSPS) is 16.3. The summed E-state index contributed by atoms with van der Waals surface area (Å²) in [4.78, 5) is 11.4. The molecule has 2 aromatic carbocycles. The van der Waals surface area contributed by atoms with Gasteiger partial charge in [-0.3, -0.25) is 0 Å². The van der Waals surface area contributed by atoms with Crippen molar-refractivity contribution in [1.82, 2.24) is 0 Å². The number of aliphatic carboxylic acids is 1. The van der Waals surface area contributed by atoms with Crippen LogP contribution in [-0.2, 0) is 11.2 Å². The lowest BCUT2D eigenvalue weighted by molar-refractivity contribution is -0.150. The zero-order chi connectivity index (χ0) is 19.8. The topological polar surface area (TPSA) is 46.5 Å². The molecular weight excluding hydrogens is 381 g/mol. The Balaban J connectivity index is 2.12. The average Bonchev–Trinajstić information content (AvgIpc) is 2.59. The summed E-state index contributed by atoms with van der Waals surface area (Å²) in [5.41, 5.74) is 2.25. The number of ether oxygens (including phenoxy) is 1. The van der Waals surface area contributed by atoms with Crippen molar-refractivity contribution < 1.29 is 27.8 Å². The van der Waals surface area contributed by atoms with Crippen molar-refractivity contribution >= 4 is 23.6 Å². The zero-order valence-corrected chi connectivity index (χ0v) is 15.1. The number of carboxylic acids is 1. The molecule has 3 nitrogen and oxygen atoms in total. The number of fused-ring (bicyclic) bond motifs is 1. The van der Waals surface area contributed by atoms with Gasteiger partial charge in [0.15, 0.2) is 0 Å². The molecule has 0 fully saturated rings. The number of hydrogen-bond donors (Lipinski definition) is 1. The van der Waals surface area contributed by atoms with Crippen LogP contribution in [0, 0.1) is 0 Å². The first kappa shape index (κ1) is 19.3. The Kier molecular flexibility index (Phi) is 5.20. The minimum Gasteiger partial charge on any atom is -0.484 e. The van der Waals surface area contributed by atoms with E-state index in [1.807, 2.05) is 31.2 Å². The molecule has 1 aliphatic rings. The van der Waals surface area contributed by atoms with Crippen molar-refractivity contribution in [2.45, 2.75) is 32.0 Å². The van der Waals surface area contributed by atoms with Gasteiger partial charge in [0.1, 0.15) is 11.9 Å². The molecule has 2 aromatic rings. The minimum absolute atomic E-state index is 0.197. The van der Waals surface area contributed by atoms with E-state index in [0.29, 0.717) is 16.1 Å². The largest absolute Gasteiger partial charge is 0.484 e. The maximum atomic E-state index is 12.9. The second kappa shape index (κ2) is 7.27. The van der Waals surface area contributed by atoms with Gasteiger partial charge < -0.3 is 9.84 Å². The summed E-state index contributed by atoms with van der Waals surface area (Å²) in [5, 5.41) is 9.63. The minimum atomic E-state index is -4.56. The number of rotatable bonds is 4. The molecule has 0 saturated carbocycles. The van der Waals surface area contributed by atoms with E-state index in [4.69, 9.17) is 16.3 Å². The van der Waals surface area contributed by atoms with Crippen molar-refractivity contribution in [1.29, 1.82) is 0 Å². The third kappa shape index (κ3) is 4.27. The average molecular weight is 397 g/mol. The summed E-state index contributed by atoms with van der Waals surface area (Å²) < 4.78 is 44.3. The first-order valence-electron chi connectivity index (χ1n) is 8.29. The number of halogens is 4. The first-order valence-corrected chi connectivity index (χ1v) is 8.67. The van der Waals surface area contributed by atoms with E-state index in [9.17, 15) is 23.1 Å². The standard InChI is InChI=1S/C20H16ClF3O3/c1-2-11-3-5-12(6-4-11)15-9-14(21)7-13-8-16(19(25)26)17(27-18(13)15)10-20(22,23)24/h3-9,17H,2,10H2,1H3,(H,25,26)/t17-/m0/s1. The summed E-state index contributed by atoms with van der Waals surface area (Å²) >= 11 is 6.15. The van der Waals surface area contributed by atoms with Gasteiger partial charge in [0.05, 0.1) is 12.0 Å². The lowest BCUT2D eigenvalue weighted by atomic mass is 9.94. The molecule has 0 aliphatic carbocycles. The van der Waals surface area contributed by atoms with Crippen molar-refractivity contribution in [3.05, 3.63) is 58.1 Å². The molecule has 7 heteroatoms. The number of alkyl halides is 3. The molecule has 0 aromatic heterocycles. The van der Waals surface area contributed by atoms with Gasteiger partial charge in [-0.05, 0) is 35.8 Å². The number of hydrogen-bond acceptors (Lipinski definition) is 2. The van der Waals surface area contributed by atoms with E-state index in [2.05, 4.69) is 0 Å². The SMILES string of the molecule is CCc1ccc(-c2cc(Cl)cc3c2O[C@@H](CC(F)(F)F)C(C(=O)O)=C3)cc1. The molecule has 0 bridgehead atoms. The molecule has 142 valence electrons. The van der Waals surface area contributed by atoms with Crippen LogP contribution in [0.5, 0.6) is 5.75 Å². The maximum absolute atomic E-state index is 12.9. The predicted octanol–water partition coefficient (Wildman–Crippen LogP) is 5.75. The fourth-order valence-electron chi connectivity index (χ4n) is 3.02. The highest BCUT2D eigenvalue weighted by molar-refractivity contribution is 6.31. The van der Waals surface area contributed by atoms with Crippen LogP contribution in [0.4, 0.5) is 13.2 Å². The van der Waals surface area contributed by atoms with Crippen LogP contribution in [0.15, 0.2) is 42.0 Å². The molecule has 0 saturated heterocycles. The maximum Gasteiger partial charge on any atom is 0.392 e. The molecule has 1 heterocycles. The van der Waals surface area contributed by atoms with Gasteiger partial charge in [-0.2, -0.15) is 13.2 Å². The van der Waals surface area contributed by atoms with Crippen LogP contribution in [-0.4, -0.2) is 23.4 Å². The van der Waals surface area contributed by atoms with Crippen molar-refractivity contribution in [2.24, 2.45) is 0 Å². The third-order valence-electron chi connectivity index (χ3n) is 4.34. The Morgan fingerprint density at radius 2 is 1.89 bits per heavy atom. The molecule has 1 atom stereocenters. The van der Waals surface area contributed by atoms with E-state index in [-0.39, 0.29) is 5.75 Å². The highest BCUT2D eigenvalue weighted by Gasteiger charge is 2.39. The summed E-state index contributed by atoms with van der Waals surface area (Å²) in [6.07, 6.45) is -5.52. The van der Waals surface area contributed by atoms with Crippen LogP contribution in [0.25, 0.3) is 17.2 Å². The molecule has 1 aliphatic heterocycles. The number of carbonyl (C=O) groups is 1. The van der Waals surface area contributed by atoms with Crippen LogP contribution in [0.3, 0.4) is 0 Å². The van der Waals surface area contributed by atoms with E-state index < -0.39 is 30.2 Å². The molecule has 0 spiro atoms. The van der Waals surface area contributed by atoms with Gasteiger partial charge in [-0.15, -0.1) is 0 Å². The molecule has 0 radical (unpaired) electrons. The summed E-state index contributed by atoms with van der Waals surface area (Å²) in [7, 11) is 0. The fraction of sp³-hybridized carbons (Fsp3) is 0.250. The molecule has 0 unspecified atom stereocenters. The summed E-state index contributed by atoms with van der Waals surface area (Å²) in [5.74, 6) is -1.26. The first-order chi connectivity index (χ1) is 12.7. The molecule has 1 N–H and O–H groups in total. The number of benzene rings is 2. The van der Waals surface area contributed by atoms with E-state index in [1.165, 1.54) is 12.1 Å². The third-order valence-corrected chi connectivity index (χ3v) is 4.56. The smallest absolute Gasteiger partial charge is 0.392 e. The van der Waals surface area contributed by atoms with Crippen molar-refractivity contribution in [3.8, 4) is 16.9 Å². The van der Waals surface area contributed by atoms with Crippen LogP contribution >= 0.6 is 11.6 Å². The predicted molar refractivity (Wildman–Crippen MR) is 97.0 cm³/mol. The summed E-state index contributed by atoms with van der Waals surface area (Å²) in [6.45, 7) is 2.01. The molecule has 27 heavy (non-hydrogen) atoms. The van der Waals surface area contributed by atoms with Crippen LogP contribution in [0.2, 0.25) is 5.02 Å². The highest BCUT2D eigenvalue weighted by Crippen LogP contribution is 2.42. The van der Waals surface area contributed by atoms with Gasteiger partial charge in [0.2, 0.25) is 0 Å². The van der Waals surface area contributed by atoms with Crippen molar-refractivity contribution in [3.63, 3.8) is 0 Å². The second-order valence-corrected chi connectivity index (χ2v) is 6.69. The zero-order valence-electron chi connectivity index (χ0n) is 14.3. The van der Waals surface area contributed by atoms with Gasteiger partial charge in [0, 0.05) is 16.1 Å². The Morgan fingerprint density at radius 1 is 1.22 bits per heavy atom. The van der Waals surface area contributed by atoms with Gasteiger partial charge in [0.25, 0.3) is 0 Å². The summed E-state index contributed by atoms with van der Waals surface area (Å²) in [6, 6.07) is 10.6. The Bertz CT molecular complexity index is 902. The van der Waals surface area contributed by atoms with Gasteiger partial charge in [-0.25, -0.2) is 4.79 Å². The lowest BCUT2D eigenvalue weighted by Gasteiger charge is -2.28. The molecular formula is C20H16ClF3O3. The van der Waals surface area contributed by atoms with Gasteiger partial charge >= 0.3 is 12.1 Å². The Labute approximate surface area is 159 Å². The van der Waals surface area contributed by atoms with E-state index >= 15 is 0 Å². The Morgan fingerprint density at radius 3 is 2.44 bits per heavy atom. The number of carboxylic acid groups (broad SMARTS) is 1. The molecule has 3 rings (SSSR count). The van der Waals surface area contributed by atoms with E-state index in [0.717, 1.165) is 17.5 Å². The number of aryl methyl sites for hydroxylation is 1. The van der Waals surface area contributed by atoms with Crippen molar-refractivity contribution in [2.75, 3.05) is 0 Å². The quantitative estimate of drug-likeness (QED) is 0.715. The fourth-order valence-corrected chi connectivity index (χ4v) is 3.24. The molecule has 0 amide bonds. The highest BCUT2D eigenvalue weighted by atomic mass is 35.5. The van der Waals surface area contributed by atoms with Crippen LogP contribution in [0.1, 0.15) is 24.5 Å². The lowest BCUT2D eigenvalue weighted by Crippen LogP contribution is -2.32. The second-order valence-electron chi connectivity index (χ2n) is 6.25. The van der Waals surface area contributed by atoms with Gasteiger partial charge in [-0.1, -0.05) is 42.8 Å². The Hall–Kier alpha value is -2.47.